The van der Waals surface area contributed by atoms with Gasteiger partial charge in [0.15, 0.2) is 0 Å². The van der Waals surface area contributed by atoms with E-state index in [1.165, 1.54) is 18.3 Å². The number of nitrogens with two attached hydrogens (primary N) is 1. The highest BCUT2D eigenvalue weighted by Gasteiger charge is 2.14. The minimum absolute atomic E-state index is 0.271. The molecule has 1 rings (SSSR count). The normalized spacial score (nSPS) is 12.9. The zero-order chi connectivity index (χ0) is 15.1. The number of rotatable bonds is 6. The van der Waals surface area contributed by atoms with E-state index >= 15 is 0 Å². The molecule has 4 heteroatoms. The topological polar surface area (TPSA) is 41.6 Å². The first kappa shape index (κ1) is 16.0. The van der Waals surface area contributed by atoms with E-state index in [2.05, 4.69) is 30.3 Å². The lowest BCUT2D eigenvalue weighted by Crippen LogP contribution is -2.25. The van der Waals surface area contributed by atoms with Crippen molar-refractivity contribution < 1.29 is 4.39 Å². The summed E-state index contributed by atoms with van der Waals surface area (Å²) in [7, 11) is 0. The van der Waals surface area contributed by atoms with E-state index in [0.717, 1.165) is 29.9 Å². The molecule has 0 unspecified atom stereocenters. The number of hydrogen-bond donors (Lipinski definition) is 1. The van der Waals surface area contributed by atoms with Gasteiger partial charge >= 0.3 is 0 Å². The van der Waals surface area contributed by atoms with Crippen LogP contribution in [0.15, 0.2) is 47.7 Å². The Hall–Kier alpha value is -2.10. The molecule has 0 bridgehead atoms. The fourth-order valence-corrected chi connectivity index (χ4v) is 2.18. The Labute approximate surface area is 120 Å². The highest BCUT2D eigenvalue weighted by atomic mass is 19.1. The maximum atomic E-state index is 13.1. The number of amidine groups is 1. The molecule has 0 aliphatic carbocycles. The molecule has 0 aliphatic rings. The van der Waals surface area contributed by atoms with Gasteiger partial charge in [0, 0.05) is 30.6 Å². The monoisotopic (exact) mass is 275 g/mol. The van der Waals surface area contributed by atoms with Crippen LogP contribution in [-0.4, -0.2) is 23.8 Å². The highest BCUT2D eigenvalue weighted by molar-refractivity contribution is 6.22. The molecule has 0 saturated heterocycles. The Kier molecular flexibility index (Phi) is 5.97. The van der Waals surface area contributed by atoms with Crippen LogP contribution in [0.2, 0.25) is 0 Å². The molecule has 1 aromatic rings. The van der Waals surface area contributed by atoms with Crippen molar-refractivity contribution in [2.24, 2.45) is 10.7 Å². The van der Waals surface area contributed by atoms with E-state index < -0.39 is 0 Å². The largest absolute Gasteiger partial charge is 0.383 e. The number of hydrogen-bond acceptors (Lipinski definition) is 2. The van der Waals surface area contributed by atoms with Gasteiger partial charge in [-0.3, -0.25) is 0 Å². The van der Waals surface area contributed by atoms with Crippen molar-refractivity contribution in [2.45, 2.75) is 20.8 Å². The second kappa shape index (κ2) is 7.48. The van der Waals surface area contributed by atoms with Gasteiger partial charge in [-0.05, 0) is 38.5 Å². The van der Waals surface area contributed by atoms with Crippen molar-refractivity contribution >= 4 is 11.4 Å². The lowest BCUT2D eigenvalue weighted by molar-refractivity contribution is 0.386. The minimum Gasteiger partial charge on any atom is -0.383 e. The van der Waals surface area contributed by atoms with Crippen LogP contribution in [0.5, 0.6) is 0 Å². The molecule has 20 heavy (non-hydrogen) atoms. The molecule has 0 aromatic heterocycles. The van der Waals surface area contributed by atoms with Gasteiger partial charge in [-0.1, -0.05) is 18.7 Å². The summed E-state index contributed by atoms with van der Waals surface area (Å²) < 4.78 is 13.1. The van der Waals surface area contributed by atoms with E-state index in [4.69, 9.17) is 5.73 Å². The zero-order valence-corrected chi connectivity index (χ0v) is 12.4. The van der Waals surface area contributed by atoms with Gasteiger partial charge in [0.1, 0.15) is 11.7 Å². The third-order valence-corrected chi connectivity index (χ3v) is 3.22. The number of allylic oxidation sites excluding steroid dienone is 1. The van der Waals surface area contributed by atoms with Crippen LogP contribution < -0.4 is 5.73 Å². The highest BCUT2D eigenvalue weighted by Crippen LogP contribution is 2.22. The molecule has 3 nitrogen and oxygen atoms in total. The van der Waals surface area contributed by atoms with Crippen molar-refractivity contribution in [3.63, 3.8) is 0 Å². The van der Waals surface area contributed by atoms with Gasteiger partial charge in [0.05, 0.1) is 0 Å². The Morgan fingerprint density at radius 1 is 1.30 bits per heavy atom. The van der Waals surface area contributed by atoms with Crippen molar-refractivity contribution in [1.29, 1.82) is 0 Å². The predicted molar refractivity (Wildman–Crippen MR) is 83.7 cm³/mol. The van der Waals surface area contributed by atoms with Crippen LogP contribution in [0.1, 0.15) is 26.3 Å². The number of aliphatic imine (C=N–C) groups is 1. The molecule has 0 aliphatic heterocycles. The first-order valence-corrected chi connectivity index (χ1v) is 6.71. The Morgan fingerprint density at radius 3 is 2.30 bits per heavy atom. The molecule has 1 aromatic carbocycles. The molecule has 0 saturated carbocycles. The van der Waals surface area contributed by atoms with Gasteiger partial charge in [-0.25, -0.2) is 9.38 Å². The fraction of sp³-hybridized carbons (Fsp3) is 0.312. The molecule has 0 radical (unpaired) electrons. The van der Waals surface area contributed by atoms with Crippen LogP contribution in [0.4, 0.5) is 4.39 Å². The van der Waals surface area contributed by atoms with E-state index in [9.17, 15) is 4.39 Å². The second-order valence-corrected chi connectivity index (χ2v) is 4.34. The summed E-state index contributed by atoms with van der Waals surface area (Å²) in [6.07, 6.45) is 1.41. The third-order valence-electron chi connectivity index (χ3n) is 3.22. The Bertz CT molecular complexity index is 511. The van der Waals surface area contributed by atoms with Gasteiger partial charge < -0.3 is 10.6 Å². The van der Waals surface area contributed by atoms with Crippen LogP contribution in [-0.2, 0) is 0 Å². The summed E-state index contributed by atoms with van der Waals surface area (Å²) in [6.45, 7) is 11.5. The quantitative estimate of drug-likeness (QED) is 0.638. The summed E-state index contributed by atoms with van der Waals surface area (Å²) >= 11 is 0. The van der Waals surface area contributed by atoms with Crippen molar-refractivity contribution in [1.82, 2.24) is 4.90 Å². The molecule has 0 atom stereocenters. The molecule has 2 N–H and O–H groups in total. The van der Waals surface area contributed by atoms with Crippen LogP contribution in [0, 0.1) is 5.82 Å². The Morgan fingerprint density at radius 2 is 1.85 bits per heavy atom. The lowest BCUT2D eigenvalue weighted by Gasteiger charge is -2.25. The predicted octanol–water partition coefficient (Wildman–Crippen LogP) is 3.40. The number of nitrogens with zero attached hydrogens (tertiary/aromatic N) is 2. The third kappa shape index (κ3) is 3.70. The van der Waals surface area contributed by atoms with Crippen molar-refractivity contribution in [3.8, 4) is 0 Å². The van der Waals surface area contributed by atoms with E-state index in [0.29, 0.717) is 5.84 Å². The van der Waals surface area contributed by atoms with Gasteiger partial charge in [0.2, 0.25) is 0 Å². The van der Waals surface area contributed by atoms with Crippen molar-refractivity contribution in [3.05, 3.63) is 54.1 Å². The average Bonchev–Trinajstić information content (AvgIpc) is 2.43. The first-order chi connectivity index (χ1) is 9.54. The van der Waals surface area contributed by atoms with Crippen LogP contribution >= 0.6 is 0 Å². The summed E-state index contributed by atoms with van der Waals surface area (Å²) in [6, 6.07) is 6.27. The zero-order valence-electron chi connectivity index (χ0n) is 12.4. The Balaban J connectivity index is 3.42. The minimum atomic E-state index is -0.271. The van der Waals surface area contributed by atoms with E-state index in [-0.39, 0.29) is 5.82 Å². The van der Waals surface area contributed by atoms with Crippen LogP contribution in [0.3, 0.4) is 0 Å². The molecular formula is C16H22FN3. The summed E-state index contributed by atoms with van der Waals surface area (Å²) in [5.74, 6) is 0.115. The molecule has 0 heterocycles. The standard InChI is InChI=1S/C16H22FN3/c1-5-19-16(18)15(12(4)20(6-2)7-3)13-8-10-14(17)11-9-13/h5,8-11H,1,6-7H2,2-4H3,(H2,18,19)/b15-12+. The van der Waals surface area contributed by atoms with E-state index in [1.54, 1.807) is 12.1 Å². The van der Waals surface area contributed by atoms with Crippen molar-refractivity contribution in [2.75, 3.05) is 13.1 Å². The molecule has 0 spiro atoms. The van der Waals surface area contributed by atoms with E-state index in [1.807, 2.05) is 6.92 Å². The molecule has 108 valence electrons. The van der Waals surface area contributed by atoms with Crippen LogP contribution in [0.25, 0.3) is 5.57 Å². The smallest absolute Gasteiger partial charge is 0.132 e. The lowest BCUT2D eigenvalue weighted by atomic mass is 10.0. The molecular weight excluding hydrogens is 253 g/mol. The fourth-order valence-electron chi connectivity index (χ4n) is 2.18. The maximum absolute atomic E-state index is 13.1. The summed E-state index contributed by atoms with van der Waals surface area (Å²) in [5, 5.41) is 0. The average molecular weight is 275 g/mol. The van der Waals surface area contributed by atoms with Gasteiger partial charge in [-0.2, -0.15) is 0 Å². The summed E-state index contributed by atoms with van der Waals surface area (Å²) in [5.41, 5.74) is 8.73. The number of halogens is 1. The first-order valence-electron chi connectivity index (χ1n) is 6.71. The molecule has 0 fully saturated rings. The number of benzene rings is 1. The summed E-state index contributed by atoms with van der Waals surface area (Å²) in [4.78, 5) is 6.26. The second-order valence-electron chi connectivity index (χ2n) is 4.34. The maximum Gasteiger partial charge on any atom is 0.132 e. The SMILES string of the molecule is C=CN=C(N)/C(=C(\C)N(CC)CC)c1ccc(F)cc1. The van der Waals surface area contributed by atoms with Gasteiger partial charge in [-0.15, -0.1) is 0 Å². The van der Waals surface area contributed by atoms with Gasteiger partial charge in [0.25, 0.3) is 0 Å². The molecule has 0 amide bonds.